The van der Waals surface area contributed by atoms with Crippen LogP contribution in [0.5, 0.6) is 5.75 Å². The SMILES string of the molecule is CCC1C[C@H](NC(=O)[C@H]2C[C@@H]2CN2C(=O)CC(C)(C)N=C2N)c2ccccc2O1. The van der Waals surface area contributed by atoms with E-state index in [0.29, 0.717) is 13.0 Å². The van der Waals surface area contributed by atoms with Crippen LogP contribution in [-0.2, 0) is 9.59 Å². The molecule has 3 N–H and O–H groups in total. The molecule has 1 saturated carbocycles. The van der Waals surface area contributed by atoms with E-state index in [0.717, 1.165) is 30.6 Å². The fraction of sp³-hybridized carbons (Fsp3) is 0.591. The van der Waals surface area contributed by atoms with E-state index in [9.17, 15) is 9.59 Å². The number of hydrogen-bond acceptors (Lipinski definition) is 5. The molecule has 1 unspecified atom stereocenters. The summed E-state index contributed by atoms with van der Waals surface area (Å²) >= 11 is 0. The maximum absolute atomic E-state index is 12.9. The van der Waals surface area contributed by atoms with E-state index in [-0.39, 0.29) is 41.8 Å². The highest BCUT2D eigenvalue weighted by Crippen LogP contribution is 2.42. The largest absolute Gasteiger partial charge is 0.490 e. The summed E-state index contributed by atoms with van der Waals surface area (Å²) in [6, 6.07) is 7.86. The highest BCUT2D eigenvalue weighted by molar-refractivity contribution is 5.99. The Labute approximate surface area is 171 Å². The zero-order valence-electron chi connectivity index (χ0n) is 17.4. The second kappa shape index (κ2) is 7.35. The Hall–Kier alpha value is -2.57. The lowest BCUT2D eigenvalue weighted by Gasteiger charge is -2.33. The Morgan fingerprint density at radius 3 is 2.83 bits per heavy atom. The number of aliphatic imine (C=N–C) groups is 1. The van der Waals surface area contributed by atoms with Gasteiger partial charge in [0.25, 0.3) is 0 Å². The van der Waals surface area contributed by atoms with Gasteiger partial charge in [0.05, 0.1) is 18.0 Å². The highest BCUT2D eigenvalue weighted by atomic mass is 16.5. The first-order chi connectivity index (χ1) is 13.8. The van der Waals surface area contributed by atoms with Gasteiger partial charge in [0.1, 0.15) is 11.9 Å². The predicted molar refractivity (Wildman–Crippen MR) is 110 cm³/mol. The molecule has 4 atom stereocenters. The molecular formula is C22H30N4O3. The second-order valence-electron chi connectivity index (χ2n) is 9.05. The molecule has 2 amide bonds. The van der Waals surface area contributed by atoms with Crippen molar-refractivity contribution in [3.63, 3.8) is 0 Å². The minimum atomic E-state index is -0.454. The van der Waals surface area contributed by atoms with Crippen LogP contribution in [0.1, 0.15) is 58.1 Å². The summed E-state index contributed by atoms with van der Waals surface area (Å²) in [4.78, 5) is 31.3. The Morgan fingerprint density at radius 1 is 1.34 bits per heavy atom. The smallest absolute Gasteiger partial charge is 0.231 e. The number of benzene rings is 1. The number of carbonyl (C=O) groups excluding carboxylic acids is 2. The number of rotatable bonds is 5. The van der Waals surface area contributed by atoms with E-state index in [1.807, 2.05) is 38.1 Å². The van der Waals surface area contributed by atoms with E-state index in [4.69, 9.17) is 10.5 Å². The molecule has 7 heteroatoms. The Morgan fingerprint density at radius 2 is 2.10 bits per heavy atom. The van der Waals surface area contributed by atoms with Gasteiger partial charge in [-0.2, -0.15) is 0 Å². The maximum Gasteiger partial charge on any atom is 0.231 e. The van der Waals surface area contributed by atoms with Crippen molar-refractivity contribution in [2.75, 3.05) is 6.54 Å². The van der Waals surface area contributed by atoms with E-state index in [1.54, 1.807) is 4.90 Å². The van der Waals surface area contributed by atoms with Crippen LogP contribution in [0.25, 0.3) is 0 Å². The van der Waals surface area contributed by atoms with Gasteiger partial charge >= 0.3 is 0 Å². The zero-order valence-corrected chi connectivity index (χ0v) is 17.4. The molecule has 29 heavy (non-hydrogen) atoms. The fourth-order valence-electron chi connectivity index (χ4n) is 4.36. The van der Waals surface area contributed by atoms with Crippen molar-refractivity contribution >= 4 is 17.8 Å². The van der Waals surface area contributed by atoms with Gasteiger partial charge in [-0.1, -0.05) is 25.1 Å². The van der Waals surface area contributed by atoms with Crippen molar-refractivity contribution in [1.82, 2.24) is 10.2 Å². The van der Waals surface area contributed by atoms with Gasteiger partial charge < -0.3 is 15.8 Å². The number of nitrogens with two attached hydrogens (primary N) is 1. The van der Waals surface area contributed by atoms with Gasteiger partial charge in [-0.05, 0) is 38.7 Å². The van der Waals surface area contributed by atoms with Crippen molar-refractivity contribution in [1.29, 1.82) is 0 Å². The van der Waals surface area contributed by atoms with Gasteiger partial charge in [-0.15, -0.1) is 0 Å². The Kier molecular flexibility index (Phi) is 5.00. The van der Waals surface area contributed by atoms with Gasteiger partial charge in [-0.3, -0.25) is 14.5 Å². The number of guanidine groups is 1. The van der Waals surface area contributed by atoms with E-state index < -0.39 is 5.54 Å². The third kappa shape index (κ3) is 4.09. The topological polar surface area (TPSA) is 97.0 Å². The normalized spacial score (nSPS) is 30.1. The van der Waals surface area contributed by atoms with E-state index in [1.165, 1.54) is 0 Å². The summed E-state index contributed by atoms with van der Waals surface area (Å²) in [6.45, 7) is 6.36. The monoisotopic (exact) mass is 398 g/mol. The minimum absolute atomic E-state index is 0.0160. The van der Waals surface area contributed by atoms with Crippen LogP contribution in [-0.4, -0.2) is 40.9 Å². The average Bonchev–Trinajstić information content (AvgIpc) is 3.43. The van der Waals surface area contributed by atoms with Crippen LogP contribution < -0.4 is 15.8 Å². The number of fused-ring (bicyclic) bond motifs is 1. The van der Waals surface area contributed by atoms with E-state index >= 15 is 0 Å². The molecule has 7 nitrogen and oxygen atoms in total. The first-order valence-corrected chi connectivity index (χ1v) is 10.5. The van der Waals surface area contributed by atoms with Gasteiger partial charge in [-0.25, -0.2) is 4.99 Å². The number of para-hydroxylation sites is 1. The van der Waals surface area contributed by atoms with Crippen LogP contribution >= 0.6 is 0 Å². The lowest BCUT2D eigenvalue weighted by atomic mass is 9.95. The molecule has 2 heterocycles. The van der Waals surface area contributed by atoms with Gasteiger partial charge in [0.15, 0.2) is 5.96 Å². The molecule has 1 aliphatic carbocycles. The third-order valence-corrected chi connectivity index (χ3v) is 6.11. The van der Waals surface area contributed by atoms with Crippen LogP contribution in [0.4, 0.5) is 0 Å². The summed E-state index contributed by atoms with van der Waals surface area (Å²) in [5.41, 5.74) is 6.60. The molecule has 156 valence electrons. The summed E-state index contributed by atoms with van der Waals surface area (Å²) in [6.07, 6.45) is 2.90. The summed E-state index contributed by atoms with van der Waals surface area (Å²) in [5.74, 6) is 1.20. The minimum Gasteiger partial charge on any atom is -0.490 e. The molecule has 0 aromatic heterocycles. The summed E-state index contributed by atoms with van der Waals surface area (Å²) in [5, 5.41) is 3.22. The number of nitrogens with zero attached hydrogens (tertiary/aromatic N) is 2. The highest BCUT2D eigenvalue weighted by Gasteiger charge is 2.46. The molecular weight excluding hydrogens is 368 g/mol. The molecule has 1 aromatic carbocycles. The summed E-state index contributed by atoms with van der Waals surface area (Å²) in [7, 11) is 0. The van der Waals surface area contributed by atoms with Crippen LogP contribution in [0.15, 0.2) is 29.3 Å². The molecule has 2 aliphatic heterocycles. The number of amides is 2. The molecule has 4 rings (SSSR count). The van der Waals surface area contributed by atoms with Crippen molar-refractivity contribution in [2.45, 2.75) is 64.1 Å². The fourth-order valence-corrected chi connectivity index (χ4v) is 4.36. The molecule has 0 spiro atoms. The van der Waals surface area contributed by atoms with Gasteiger partial charge in [0.2, 0.25) is 11.8 Å². The lowest BCUT2D eigenvalue weighted by molar-refractivity contribution is -0.130. The summed E-state index contributed by atoms with van der Waals surface area (Å²) < 4.78 is 6.01. The third-order valence-electron chi connectivity index (χ3n) is 6.11. The molecule has 0 radical (unpaired) electrons. The Balaban J connectivity index is 1.38. The quantitative estimate of drug-likeness (QED) is 0.796. The Bertz CT molecular complexity index is 850. The average molecular weight is 399 g/mol. The first-order valence-electron chi connectivity index (χ1n) is 10.5. The molecule has 0 saturated heterocycles. The maximum atomic E-state index is 12.9. The standard InChI is InChI=1S/C22H30N4O3/c1-4-14-10-17(15-7-5-6-8-18(15)29-14)24-20(28)16-9-13(16)12-26-19(27)11-22(2,3)25-21(26)23/h5-8,13-14,16-17H,4,9-12H2,1-3H3,(H2,23,25)(H,24,28)/t13-,14?,16+,17+/m1/s1. The molecule has 3 aliphatic rings. The number of carbonyl (C=O) groups is 2. The number of nitrogens with one attached hydrogen (secondary N) is 1. The van der Waals surface area contributed by atoms with Crippen molar-refractivity contribution < 1.29 is 14.3 Å². The van der Waals surface area contributed by atoms with Crippen molar-refractivity contribution in [2.24, 2.45) is 22.6 Å². The first kappa shape index (κ1) is 19.7. The number of hydrogen-bond donors (Lipinski definition) is 2. The molecule has 1 fully saturated rings. The molecule has 0 bridgehead atoms. The van der Waals surface area contributed by atoms with Crippen LogP contribution in [0.2, 0.25) is 0 Å². The predicted octanol–water partition coefficient (Wildman–Crippen LogP) is 2.37. The van der Waals surface area contributed by atoms with E-state index in [2.05, 4.69) is 17.2 Å². The molecule has 1 aromatic rings. The van der Waals surface area contributed by atoms with Crippen LogP contribution in [0.3, 0.4) is 0 Å². The van der Waals surface area contributed by atoms with Crippen molar-refractivity contribution in [3.05, 3.63) is 29.8 Å². The van der Waals surface area contributed by atoms with Crippen molar-refractivity contribution in [3.8, 4) is 5.75 Å². The zero-order chi connectivity index (χ0) is 20.8. The van der Waals surface area contributed by atoms with Crippen LogP contribution in [0, 0.1) is 11.8 Å². The second-order valence-corrected chi connectivity index (χ2v) is 9.05. The number of ether oxygens (including phenoxy) is 1. The lowest BCUT2D eigenvalue weighted by Crippen LogP contribution is -2.50. The van der Waals surface area contributed by atoms with Gasteiger partial charge in [0, 0.05) is 24.4 Å².